The molecule has 0 aliphatic rings. The van der Waals surface area contributed by atoms with Gasteiger partial charge in [0.2, 0.25) is 5.91 Å². The second-order valence-electron chi connectivity index (χ2n) is 8.10. The molecule has 3 aromatic carbocycles. The fourth-order valence-corrected chi connectivity index (χ4v) is 3.95. The second kappa shape index (κ2) is 9.73. The van der Waals surface area contributed by atoms with Crippen LogP contribution in [-0.2, 0) is 17.5 Å². The van der Waals surface area contributed by atoms with Crippen LogP contribution in [0, 0.1) is 0 Å². The highest BCUT2D eigenvalue weighted by Crippen LogP contribution is 2.29. The SMILES string of the molecule is COc1cccc(-n2c(=O)c3ccccc3n([C@H](C)C(=O)NCc3cccc(C(F)(F)F)c3)c2=O)c1. The van der Waals surface area contributed by atoms with Crippen LogP contribution >= 0.6 is 0 Å². The molecular formula is C26H22F3N3O4. The van der Waals surface area contributed by atoms with E-state index in [1.54, 1.807) is 42.5 Å². The number of alkyl halides is 3. The Balaban J connectivity index is 1.74. The number of aromatic nitrogens is 2. The maximum absolute atomic E-state index is 13.6. The molecule has 4 aromatic rings. The topological polar surface area (TPSA) is 82.3 Å². The number of methoxy groups -OCH3 is 1. The number of para-hydroxylation sites is 1. The summed E-state index contributed by atoms with van der Waals surface area (Å²) < 4.78 is 46.4. The van der Waals surface area contributed by atoms with Crippen LogP contribution in [-0.4, -0.2) is 22.2 Å². The molecule has 7 nitrogen and oxygen atoms in total. The molecule has 0 aliphatic heterocycles. The Kier molecular flexibility index (Phi) is 6.69. The van der Waals surface area contributed by atoms with Crippen molar-refractivity contribution in [3.8, 4) is 11.4 Å². The third-order valence-corrected chi connectivity index (χ3v) is 5.79. The van der Waals surface area contributed by atoms with Gasteiger partial charge >= 0.3 is 11.9 Å². The predicted molar refractivity (Wildman–Crippen MR) is 128 cm³/mol. The molecule has 0 spiro atoms. The van der Waals surface area contributed by atoms with E-state index in [0.717, 1.165) is 16.7 Å². The van der Waals surface area contributed by atoms with Crippen molar-refractivity contribution in [2.45, 2.75) is 25.7 Å². The molecule has 0 unspecified atom stereocenters. The lowest BCUT2D eigenvalue weighted by Crippen LogP contribution is -2.43. The molecule has 0 saturated carbocycles. The van der Waals surface area contributed by atoms with Crippen LogP contribution in [0.2, 0.25) is 0 Å². The normalized spacial score (nSPS) is 12.4. The van der Waals surface area contributed by atoms with Crippen LogP contribution in [0.1, 0.15) is 24.1 Å². The first-order valence-corrected chi connectivity index (χ1v) is 11.0. The van der Waals surface area contributed by atoms with Gasteiger partial charge in [0.1, 0.15) is 11.8 Å². The number of fused-ring (bicyclic) bond motifs is 1. The lowest BCUT2D eigenvalue weighted by atomic mass is 10.1. The summed E-state index contributed by atoms with van der Waals surface area (Å²) in [5.41, 5.74) is -1.35. The summed E-state index contributed by atoms with van der Waals surface area (Å²) in [6, 6.07) is 16.3. The number of nitrogens with zero attached hydrogens (tertiary/aromatic N) is 2. The molecule has 1 atom stereocenters. The van der Waals surface area contributed by atoms with Gasteiger partial charge in [-0.15, -0.1) is 0 Å². The smallest absolute Gasteiger partial charge is 0.416 e. The first-order valence-electron chi connectivity index (χ1n) is 11.0. The largest absolute Gasteiger partial charge is 0.497 e. The number of halogens is 3. The van der Waals surface area contributed by atoms with Gasteiger partial charge in [-0.25, -0.2) is 9.36 Å². The zero-order valence-corrected chi connectivity index (χ0v) is 19.4. The summed E-state index contributed by atoms with van der Waals surface area (Å²) in [7, 11) is 1.46. The van der Waals surface area contributed by atoms with Gasteiger partial charge in [-0.1, -0.05) is 30.3 Å². The Morgan fingerprint density at radius 3 is 2.44 bits per heavy atom. The molecule has 0 saturated heterocycles. The highest BCUT2D eigenvalue weighted by molar-refractivity contribution is 5.84. The fraction of sp³-hybridized carbons (Fsp3) is 0.192. The molecule has 10 heteroatoms. The number of ether oxygens (including phenoxy) is 1. The number of carbonyl (C=O) groups excluding carboxylic acids is 1. The van der Waals surface area contributed by atoms with Crippen LogP contribution in [0.3, 0.4) is 0 Å². The van der Waals surface area contributed by atoms with E-state index in [1.165, 1.54) is 36.8 Å². The molecule has 0 radical (unpaired) electrons. The third-order valence-electron chi connectivity index (χ3n) is 5.79. The molecular weight excluding hydrogens is 475 g/mol. The first-order chi connectivity index (χ1) is 17.1. The molecule has 1 N–H and O–H groups in total. The minimum Gasteiger partial charge on any atom is -0.497 e. The van der Waals surface area contributed by atoms with Gasteiger partial charge < -0.3 is 10.1 Å². The summed E-state index contributed by atoms with van der Waals surface area (Å²) in [5.74, 6) is -0.166. The summed E-state index contributed by atoms with van der Waals surface area (Å²) in [4.78, 5) is 39.8. The minimum atomic E-state index is -4.51. The van der Waals surface area contributed by atoms with E-state index in [9.17, 15) is 27.6 Å². The van der Waals surface area contributed by atoms with Crippen molar-refractivity contribution in [2.24, 2.45) is 0 Å². The maximum Gasteiger partial charge on any atom is 0.416 e. The zero-order chi connectivity index (χ0) is 26.0. The molecule has 1 heterocycles. The van der Waals surface area contributed by atoms with Gasteiger partial charge in [0, 0.05) is 12.6 Å². The van der Waals surface area contributed by atoms with Crippen molar-refractivity contribution in [3.63, 3.8) is 0 Å². The second-order valence-corrected chi connectivity index (χ2v) is 8.10. The Morgan fingerprint density at radius 1 is 1.00 bits per heavy atom. The van der Waals surface area contributed by atoms with Crippen LogP contribution < -0.4 is 21.3 Å². The number of benzene rings is 3. The molecule has 36 heavy (non-hydrogen) atoms. The van der Waals surface area contributed by atoms with Crippen molar-refractivity contribution in [3.05, 3.63) is 105 Å². The molecule has 1 amide bonds. The number of hydrogen-bond donors (Lipinski definition) is 1. The standard InChI is InChI=1S/C26H22F3N3O4/c1-16(23(33)30-15-17-7-5-8-18(13-17)26(27,28)29)31-22-12-4-3-11-21(22)24(34)32(25(31)35)19-9-6-10-20(14-19)36-2/h3-14,16H,15H2,1-2H3,(H,30,33)/t16-/m1/s1. The van der Waals surface area contributed by atoms with Crippen molar-refractivity contribution >= 4 is 16.8 Å². The predicted octanol–water partition coefficient (Wildman–Crippen LogP) is 4.06. The summed E-state index contributed by atoms with van der Waals surface area (Å²) in [5, 5.41) is 2.81. The quantitative estimate of drug-likeness (QED) is 0.436. The highest BCUT2D eigenvalue weighted by atomic mass is 19.4. The number of amides is 1. The molecule has 1 aromatic heterocycles. The number of carbonyl (C=O) groups is 1. The van der Waals surface area contributed by atoms with E-state index in [2.05, 4.69) is 5.32 Å². The Labute approximate surface area is 203 Å². The van der Waals surface area contributed by atoms with Crippen LogP contribution in [0.4, 0.5) is 13.2 Å². The number of hydrogen-bond acceptors (Lipinski definition) is 4. The van der Waals surface area contributed by atoms with Crippen LogP contribution in [0.15, 0.2) is 82.4 Å². The summed E-state index contributed by atoms with van der Waals surface area (Å²) in [6.07, 6.45) is -4.51. The molecule has 186 valence electrons. The highest BCUT2D eigenvalue weighted by Gasteiger charge is 2.30. The van der Waals surface area contributed by atoms with Gasteiger partial charge in [0.25, 0.3) is 5.56 Å². The Morgan fingerprint density at radius 2 is 1.72 bits per heavy atom. The lowest BCUT2D eigenvalue weighted by molar-refractivity contribution is -0.137. The number of nitrogens with one attached hydrogen (secondary N) is 1. The Bertz CT molecular complexity index is 1560. The van der Waals surface area contributed by atoms with E-state index in [-0.39, 0.29) is 28.7 Å². The van der Waals surface area contributed by atoms with Gasteiger partial charge in [-0.05, 0) is 48.9 Å². The van der Waals surface area contributed by atoms with E-state index in [0.29, 0.717) is 5.75 Å². The Hall–Kier alpha value is -4.34. The lowest BCUT2D eigenvalue weighted by Gasteiger charge is -2.20. The van der Waals surface area contributed by atoms with Crippen LogP contribution in [0.25, 0.3) is 16.6 Å². The van der Waals surface area contributed by atoms with Crippen molar-refractivity contribution in [1.82, 2.24) is 14.5 Å². The molecule has 0 fully saturated rings. The fourth-order valence-electron chi connectivity index (χ4n) is 3.95. The van der Waals surface area contributed by atoms with E-state index in [4.69, 9.17) is 4.74 Å². The van der Waals surface area contributed by atoms with Crippen LogP contribution in [0.5, 0.6) is 5.75 Å². The average Bonchev–Trinajstić information content (AvgIpc) is 2.87. The molecule has 0 aliphatic carbocycles. The molecule has 0 bridgehead atoms. The number of rotatable bonds is 6. The van der Waals surface area contributed by atoms with Gasteiger partial charge in [-0.3, -0.25) is 14.2 Å². The molecule has 4 rings (SSSR count). The van der Waals surface area contributed by atoms with E-state index in [1.807, 2.05) is 0 Å². The zero-order valence-electron chi connectivity index (χ0n) is 19.4. The summed E-state index contributed by atoms with van der Waals surface area (Å²) in [6.45, 7) is 1.31. The summed E-state index contributed by atoms with van der Waals surface area (Å²) >= 11 is 0. The maximum atomic E-state index is 13.6. The average molecular weight is 497 g/mol. The monoisotopic (exact) mass is 497 g/mol. The van der Waals surface area contributed by atoms with Crippen molar-refractivity contribution < 1.29 is 22.7 Å². The van der Waals surface area contributed by atoms with Gasteiger partial charge in [0.15, 0.2) is 0 Å². The first kappa shape index (κ1) is 24.8. The minimum absolute atomic E-state index is 0.171. The third kappa shape index (κ3) is 4.74. The van der Waals surface area contributed by atoms with Crippen molar-refractivity contribution in [1.29, 1.82) is 0 Å². The van der Waals surface area contributed by atoms with Gasteiger partial charge in [-0.2, -0.15) is 13.2 Å². The van der Waals surface area contributed by atoms with Crippen molar-refractivity contribution in [2.75, 3.05) is 7.11 Å². The van der Waals surface area contributed by atoms with E-state index < -0.39 is 34.9 Å². The van der Waals surface area contributed by atoms with E-state index >= 15 is 0 Å². The van der Waals surface area contributed by atoms with Gasteiger partial charge in [0.05, 0.1) is 29.3 Å².